The molecule has 92 valence electrons. The predicted octanol–water partition coefficient (Wildman–Crippen LogP) is 2.04. The zero-order valence-electron chi connectivity index (χ0n) is 10.3. The molecule has 1 fully saturated rings. The van der Waals surface area contributed by atoms with Crippen LogP contribution in [0.25, 0.3) is 0 Å². The minimum absolute atomic E-state index is 0.705. The Morgan fingerprint density at radius 3 is 2.88 bits per heavy atom. The van der Waals surface area contributed by atoms with Crippen LogP contribution in [0.2, 0.25) is 0 Å². The number of nitrogens with zero attached hydrogens (tertiary/aromatic N) is 1. The number of fused-ring (bicyclic) bond motifs is 1. The maximum absolute atomic E-state index is 4.08. The van der Waals surface area contributed by atoms with Gasteiger partial charge in [0.2, 0.25) is 0 Å². The van der Waals surface area contributed by atoms with Crippen LogP contribution in [-0.4, -0.2) is 23.3 Å². The number of nitrogens with one attached hydrogen (secondary N) is 3. The van der Waals surface area contributed by atoms with Gasteiger partial charge in [0.15, 0.2) is 0 Å². The van der Waals surface area contributed by atoms with Gasteiger partial charge in [-0.05, 0) is 45.1 Å². The van der Waals surface area contributed by atoms with E-state index in [9.17, 15) is 0 Å². The Labute approximate surface area is 102 Å². The van der Waals surface area contributed by atoms with Gasteiger partial charge in [0.25, 0.3) is 0 Å². The third kappa shape index (κ3) is 2.09. The quantitative estimate of drug-likeness (QED) is 0.731. The Hall–Kier alpha value is -1.29. The molecule has 0 amide bonds. The molecule has 1 aliphatic carbocycles. The fourth-order valence-electron chi connectivity index (χ4n) is 2.95. The fourth-order valence-corrected chi connectivity index (χ4v) is 2.95. The average Bonchev–Trinajstić information content (AvgIpc) is 2.86. The van der Waals surface area contributed by atoms with Crippen LogP contribution in [0.1, 0.15) is 31.2 Å². The summed E-state index contributed by atoms with van der Waals surface area (Å²) in [7, 11) is 2.07. The maximum Gasteiger partial charge on any atom is 0.129 e. The van der Waals surface area contributed by atoms with Gasteiger partial charge in [-0.25, -0.2) is 0 Å². The summed E-state index contributed by atoms with van der Waals surface area (Å²) in [4.78, 5) is 0. The van der Waals surface area contributed by atoms with Crippen molar-refractivity contribution in [3.05, 3.63) is 23.5 Å². The van der Waals surface area contributed by atoms with Crippen molar-refractivity contribution in [2.24, 2.45) is 5.92 Å². The molecule has 0 bridgehead atoms. The molecule has 4 heteroatoms. The van der Waals surface area contributed by atoms with Crippen molar-refractivity contribution in [2.75, 3.05) is 12.4 Å². The highest BCUT2D eigenvalue weighted by molar-refractivity contribution is 5.52. The molecular weight excluding hydrogens is 212 g/mol. The van der Waals surface area contributed by atoms with E-state index in [4.69, 9.17) is 0 Å². The monoisotopic (exact) mass is 232 g/mol. The Morgan fingerprint density at radius 1 is 1.29 bits per heavy atom. The summed E-state index contributed by atoms with van der Waals surface area (Å²) in [5, 5.41) is 14.0. The van der Waals surface area contributed by atoms with E-state index in [1.165, 1.54) is 36.9 Å². The summed E-state index contributed by atoms with van der Waals surface area (Å²) in [6.45, 7) is 0. The average molecular weight is 232 g/mol. The molecule has 0 saturated heterocycles. The van der Waals surface area contributed by atoms with Crippen LogP contribution in [0, 0.1) is 5.92 Å². The summed E-state index contributed by atoms with van der Waals surface area (Å²) in [5.74, 6) is 1.80. The molecule has 0 radical (unpaired) electrons. The van der Waals surface area contributed by atoms with Crippen LogP contribution in [0.4, 0.5) is 5.82 Å². The Balaban J connectivity index is 1.65. The number of anilines is 1. The van der Waals surface area contributed by atoms with Gasteiger partial charge in [0.1, 0.15) is 5.82 Å². The summed E-state index contributed by atoms with van der Waals surface area (Å²) >= 11 is 0. The molecule has 3 N–H and O–H groups in total. The molecule has 0 spiro atoms. The van der Waals surface area contributed by atoms with Gasteiger partial charge < -0.3 is 10.6 Å². The van der Waals surface area contributed by atoms with Crippen LogP contribution >= 0.6 is 0 Å². The topological polar surface area (TPSA) is 52.7 Å². The lowest BCUT2D eigenvalue weighted by Crippen LogP contribution is -2.31. The van der Waals surface area contributed by atoms with Gasteiger partial charge >= 0.3 is 0 Å². The van der Waals surface area contributed by atoms with Crippen LogP contribution in [-0.2, 0) is 6.42 Å². The smallest absolute Gasteiger partial charge is 0.129 e. The molecular formula is C13H20N4. The SMILES string of the molecule is CNC1CCC(C2=CCc3cn[nH]c3N2)CC1. The minimum Gasteiger partial charge on any atom is -0.344 e. The second-order valence-corrected chi connectivity index (χ2v) is 5.10. The van der Waals surface area contributed by atoms with Crippen molar-refractivity contribution in [3.63, 3.8) is 0 Å². The molecule has 0 aromatic carbocycles. The van der Waals surface area contributed by atoms with E-state index >= 15 is 0 Å². The molecule has 2 aliphatic rings. The maximum atomic E-state index is 4.08. The van der Waals surface area contributed by atoms with E-state index in [2.05, 4.69) is 34.0 Å². The first-order valence-electron chi connectivity index (χ1n) is 6.53. The number of H-pyrrole nitrogens is 1. The third-order valence-corrected chi connectivity index (χ3v) is 4.10. The number of allylic oxidation sites excluding steroid dienone is 2. The molecule has 1 aromatic rings. The summed E-state index contributed by atoms with van der Waals surface area (Å²) in [5.41, 5.74) is 2.67. The van der Waals surface area contributed by atoms with Gasteiger partial charge in [-0.1, -0.05) is 6.08 Å². The van der Waals surface area contributed by atoms with Gasteiger partial charge in [-0.3, -0.25) is 5.10 Å². The summed E-state index contributed by atoms with van der Waals surface area (Å²) < 4.78 is 0. The molecule has 2 heterocycles. The van der Waals surface area contributed by atoms with E-state index in [1.807, 2.05) is 6.20 Å². The fraction of sp³-hybridized carbons (Fsp3) is 0.615. The lowest BCUT2D eigenvalue weighted by atomic mass is 9.83. The van der Waals surface area contributed by atoms with Crippen molar-refractivity contribution in [1.82, 2.24) is 15.5 Å². The molecule has 3 rings (SSSR count). The number of aromatic nitrogens is 2. The molecule has 17 heavy (non-hydrogen) atoms. The largest absolute Gasteiger partial charge is 0.344 e. The van der Waals surface area contributed by atoms with Gasteiger partial charge in [-0.2, -0.15) is 5.10 Å². The van der Waals surface area contributed by atoms with Crippen LogP contribution in [0.15, 0.2) is 18.0 Å². The molecule has 4 nitrogen and oxygen atoms in total. The molecule has 1 aromatic heterocycles. The highest BCUT2D eigenvalue weighted by Gasteiger charge is 2.25. The zero-order valence-corrected chi connectivity index (χ0v) is 10.3. The number of hydrogen-bond donors (Lipinski definition) is 3. The van der Waals surface area contributed by atoms with Gasteiger partial charge in [0.05, 0.1) is 6.20 Å². The van der Waals surface area contributed by atoms with E-state index in [0.29, 0.717) is 5.92 Å². The van der Waals surface area contributed by atoms with E-state index in [-0.39, 0.29) is 0 Å². The number of aromatic amines is 1. The third-order valence-electron chi connectivity index (χ3n) is 4.10. The summed E-state index contributed by atoms with van der Waals surface area (Å²) in [6.07, 6.45) is 10.4. The number of rotatable bonds is 2. The normalized spacial score (nSPS) is 28.2. The van der Waals surface area contributed by atoms with Crippen LogP contribution in [0.3, 0.4) is 0 Å². The molecule has 0 atom stereocenters. The zero-order chi connectivity index (χ0) is 11.7. The standard InChI is InChI=1S/C13H20N4/c1-14-11-5-2-9(3-6-11)12-7-4-10-8-15-17-13(10)16-12/h7-9,11,14H,2-6H2,1H3,(H2,15,16,17). The highest BCUT2D eigenvalue weighted by atomic mass is 15.2. The van der Waals surface area contributed by atoms with Crippen LogP contribution < -0.4 is 10.6 Å². The Bertz CT molecular complexity index is 413. The first-order valence-corrected chi connectivity index (χ1v) is 6.53. The van der Waals surface area contributed by atoms with E-state index in [1.54, 1.807) is 0 Å². The van der Waals surface area contributed by atoms with Crippen molar-refractivity contribution in [1.29, 1.82) is 0 Å². The predicted molar refractivity (Wildman–Crippen MR) is 68.8 cm³/mol. The van der Waals surface area contributed by atoms with Gasteiger partial charge in [-0.15, -0.1) is 0 Å². The second-order valence-electron chi connectivity index (χ2n) is 5.10. The first kappa shape index (κ1) is 10.8. The number of hydrogen-bond acceptors (Lipinski definition) is 3. The van der Waals surface area contributed by atoms with E-state index < -0.39 is 0 Å². The first-order chi connectivity index (χ1) is 8.36. The van der Waals surface area contributed by atoms with Crippen molar-refractivity contribution < 1.29 is 0 Å². The minimum atomic E-state index is 0.705. The van der Waals surface area contributed by atoms with Crippen molar-refractivity contribution >= 4 is 5.82 Å². The lowest BCUT2D eigenvalue weighted by Gasteiger charge is -2.31. The highest BCUT2D eigenvalue weighted by Crippen LogP contribution is 2.33. The van der Waals surface area contributed by atoms with Crippen molar-refractivity contribution in [3.8, 4) is 0 Å². The molecule has 1 aliphatic heterocycles. The van der Waals surface area contributed by atoms with Gasteiger partial charge in [0, 0.05) is 17.3 Å². The van der Waals surface area contributed by atoms with Crippen LogP contribution in [0.5, 0.6) is 0 Å². The molecule has 1 saturated carbocycles. The van der Waals surface area contributed by atoms with E-state index in [0.717, 1.165) is 18.3 Å². The molecule has 0 unspecified atom stereocenters. The Kier molecular flexibility index (Phi) is 2.89. The van der Waals surface area contributed by atoms with Crippen molar-refractivity contribution in [2.45, 2.75) is 38.1 Å². The summed E-state index contributed by atoms with van der Waals surface area (Å²) in [6, 6.07) is 0.721. The second kappa shape index (κ2) is 4.53. The Morgan fingerprint density at radius 2 is 2.12 bits per heavy atom. The lowest BCUT2D eigenvalue weighted by molar-refractivity contribution is 0.332.